The van der Waals surface area contributed by atoms with Crippen molar-refractivity contribution in [3.63, 3.8) is 0 Å². The number of benzene rings is 1. The zero-order valence-corrected chi connectivity index (χ0v) is 11.2. The van der Waals surface area contributed by atoms with E-state index in [4.69, 9.17) is 0 Å². The molecule has 0 N–H and O–H groups in total. The Kier molecular flexibility index (Phi) is 4.12. The van der Waals surface area contributed by atoms with E-state index in [1.54, 1.807) is 24.3 Å². The average Bonchev–Trinajstić information content (AvgIpc) is 2.68. The Morgan fingerprint density at radius 1 is 1.15 bits per heavy atom. The summed E-state index contributed by atoms with van der Waals surface area (Å²) >= 11 is 0. The minimum Gasteiger partial charge on any atom is -0.274 e. The first-order chi connectivity index (χ1) is 9.56. The van der Waals surface area contributed by atoms with Crippen LogP contribution >= 0.6 is 0 Å². The van der Waals surface area contributed by atoms with Gasteiger partial charge in [-0.05, 0) is 18.6 Å². The Morgan fingerprint density at radius 3 is 2.15 bits per heavy atom. The van der Waals surface area contributed by atoms with Crippen LogP contribution in [0.15, 0.2) is 24.3 Å². The molecule has 0 spiro atoms. The number of imide groups is 1. The fourth-order valence-corrected chi connectivity index (χ4v) is 2.41. The van der Waals surface area contributed by atoms with Gasteiger partial charge < -0.3 is 0 Å². The molecule has 0 fully saturated rings. The number of nitrogens with zero attached hydrogens (tertiary/aromatic N) is 2. The van der Waals surface area contributed by atoms with Crippen molar-refractivity contribution in [1.82, 2.24) is 4.90 Å². The van der Waals surface area contributed by atoms with E-state index in [-0.39, 0.29) is 29.7 Å². The SMILES string of the molecule is CCCC(CCN1C(=O)c2ccccc2C1=O)[N+](=O)[O-]. The van der Waals surface area contributed by atoms with Gasteiger partial charge in [0.25, 0.3) is 11.8 Å². The number of hydrogen-bond donors (Lipinski definition) is 0. The molecule has 0 aromatic heterocycles. The molecule has 1 aromatic carbocycles. The maximum atomic E-state index is 12.1. The molecule has 1 heterocycles. The van der Waals surface area contributed by atoms with E-state index in [1.165, 1.54) is 0 Å². The van der Waals surface area contributed by atoms with Gasteiger partial charge in [-0.3, -0.25) is 24.6 Å². The predicted molar refractivity (Wildman–Crippen MR) is 72.1 cm³/mol. The van der Waals surface area contributed by atoms with Crippen molar-refractivity contribution in [2.45, 2.75) is 32.2 Å². The highest BCUT2D eigenvalue weighted by Gasteiger charge is 2.35. The Labute approximate surface area is 116 Å². The van der Waals surface area contributed by atoms with Crippen molar-refractivity contribution < 1.29 is 14.5 Å². The van der Waals surface area contributed by atoms with Crippen molar-refractivity contribution in [3.05, 3.63) is 45.5 Å². The fraction of sp³-hybridized carbons (Fsp3) is 0.429. The summed E-state index contributed by atoms with van der Waals surface area (Å²) in [5.74, 6) is -0.714. The Bertz CT molecular complexity index is 521. The summed E-state index contributed by atoms with van der Waals surface area (Å²) < 4.78 is 0. The molecular formula is C14H16N2O4. The van der Waals surface area contributed by atoms with Crippen LogP contribution in [0.2, 0.25) is 0 Å². The molecule has 0 radical (unpaired) electrons. The Balaban J connectivity index is 2.07. The average molecular weight is 276 g/mol. The lowest BCUT2D eigenvalue weighted by atomic mass is 10.1. The number of fused-ring (bicyclic) bond motifs is 1. The largest absolute Gasteiger partial charge is 0.274 e. The molecule has 1 atom stereocenters. The Morgan fingerprint density at radius 2 is 1.70 bits per heavy atom. The van der Waals surface area contributed by atoms with Crippen molar-refractivity contribution in [3.8, 4) is 0 Å². The number of hydrogen-bond acceptors (Lipinski definition) is 4. The molecule has 2 amide bonds. The molecule has 20 heavy (non-hydrogen) atoms. The first kappa shape index (κ1) is 14.2. The highest BCUT2D eigenvalue weighted by Crippen LogP contribution is 2.23. The van der Waals surface area contributed by atoms with E-state index in [2.05, 4.69) is 0 Å². The molecule has 2 rings (SSSR count). The zero-order chi connectivity index (χ0) is 14.7. The summed E-state index contributed by atoms with van der Waals surface area (Å²) in [5.41, 5.74) is 0.760. The molecule has 0 saturated heterocycles. The number of carbonyl (C=O) groups is 2. The van der Waals surface area contributed by atoms with Crippen molar-refractivity contribution in [2.24, 2.45) is 0 Å². The first-order valence-electron chi connectivity index (χ1n) is 6.65. The highest BCUT2D eigenvalue weighted by molar-refractivity contribution is 6.21. The van der Waals surface area contributed by atoms with E-state index in [1.807, 2.05) is 6.92 Å². The molecule has 6 nitrogen and oxygen atoms in total. The lowest BCUT2D eigenvalue weighted by Crippen LogP contribution is -2.34. The van der Waals surface area contributed by atoms with Crippen LogP contribution in [0.25, 0.3) is 0 Å². The molecule has 1 aromatic rings. The Hall–Kier alpha value is -2.24. The minimum atomic E-state index is -0.704. The third kappa shape index (κ3) is 2.54. The smallest absolute Gasteiger partial charge is 0.261 e. The second kappa shape index (κ2) is 5.81. The van der Waals surface area contributed by atoms with Crippen LogP contribution in [0.3, 0.4) is 0 Å². The lowest BCUT2D eigenvalue weighted by Gasteiger charge is -2.15. The normalized spacial score (nSPS) is 15.3. The van der Waals surface area contributed by atoms with Crippen LogP contribution in [0.5, 0.6) is 0 Å². The standard InChI is InChI=1S/C14H16N2O4/c1-2-5-10(16(19)20)8-9-15-13(17)11-6-3-4-7-12(11)14(15)18/h3-4,6-7,10H,2,5,8-9H2,1H3. The third-order valence-corrected chi connectivity index (χ3v) is 3.48. The molecule has 0 aliphatic carbocycles. The van der Waals surface area contributed by atoms with Gasteiger partial charge in [0.05, 0.1) is 11.1 Å². The van der Waals surface area contributed by atoms with Crippen LogP contribution in [0.4, 0.5) is 0 Å². The fourth-order valence-electron chi connectivity index (χ4n) is 2.41. The first-order valence-corrected chi connectivity index (χ1v) is 6.65. The van der Waals surface area contributed by atoms with Crippen molar-refractivity contribution in [1.29, 1.82) is 0 Å². The van der Waals surface area contributed by atoms with Gasteiger partial charge in [0.1, 0.15) is 0 Å². The van der Waals surface area contributed by atoms with Gasteiger partial charge in [0, 0.05) is 24.3 Å². The summed E-state index contributed by atoms with van der Waals surface area (Å²) in [5, 5.41) is 10.9. The quantitative estimate of drug-likeness (QED) is 0.453. The van der Waals surface area contributed by atoms with Crippen LogP contribution in [-0.4, -0.2) is 34.2 Å². The van der Waals surface area contributed by atoms with Gasteiger partial charge in [-0.25, -0.2) is 0 Å². The van der Waals surface area contributed by atoms with E-state index < -0.39 is 6.04 Å². The van der Waals surface area contributed by atoms with Crippen molar-refractivity contribution >= 4 is 11.8 Å². The summed E-state index contributed by atoms with van der Waals surface area (Å²) in [6.45, 7) is 1.97. The van der Waals surface area contributed by atoms with E-state index >= 15 is 0 Å². The van der Waals surface area contributed by atoms with Gasteiger partial charge in [0.2, 0.25) is 6.04 Å². The predicted octanol–water partition coefficient (Wildman–Crippen LogP) is 2.12. The third-order valence-electron chi connectivity index (χ3n) is 3.48. The summed E-state index contributed by atoms with van der Waals surface area (Å²) in [7, 11) is 0. The van der Waals surface area contributed by atoms with E-state index in [9.17, 15) is 19.7 Å². The van der Waals surface area contributed by atoms with E-state index in [0.717, 1.165) is 4.90 Å². The highest BCUT2D eigenvalue weighted by atomic mass is 16.6. The number of carbonyl (C=O) groups excluding carboxylic acids is 2. The second-order valence-corrected chi connectivity index (χ2v) is 4.82. The molecule has 1 aliphatic rings. The number of nitro groups is 1. The van der Waals surface area contributed by atoms with Crippen LogP contribution in [0, 0.1) is 10.1 Å². The second-order valence-electron chi connectivity index (χ2n) is 4.82. The lowest BCUT2D eigenvalue weighted by molar-refractivity contribution is -0.524. The van der Waals surface area contributed by atoms with Crippen LogP contribution in [0.1, 0.15) is 46.9 Å². The molecular weight excluding hydrogens is 260 g/mol. The molecule has 1 aliphatic heterocycles. The molecule has 1 unspecified atom stereocenters. The number of rotatable bonds is 6. The number of amides is 2. The summed E-state index contributed by atoms with van der Waals surface area (Å²) in [6, 6.07) is 5.90. The maximum Gasteiger partial charge on any atom is 0.261 e. The molecule has 6 heteroatoms. The van der Waals surface area contributed by atoms with Crippen LogP contribution in [-0.2, 0) is 0 Å². The van der Waals surface area contributed by atoms with Gasteiger partial charge in [-0.2, -0.15) is 0 Å². The topological polar surface area (TPSA) is 80.5 Å². The molecule has 106 valence electrons. The molecule has 0 bridgehead atoms. The maximum absolute atomic E-state index is 12.1. The van der Waals surface area contributed by atoms with Gasteiger partial charge >= 0.3 is 0 Å². The van der Waals surface area contributed by atoms with Gasteiger partial charge in [0.15, 0.2) is 0 Å². The zero-order valence-electron chi connectivity index (χ0n) is 11.2. The van der Waals surface area contributed by atoms with Crippen molar-refractivity contribution in [2.75, 3.05) is 6.54 Å². The minimum absolute atomic E-state index is 0.0952. The van der Waals surface area contributed by atoms with Gasteiger partial charge in [-0.15, -0.1) is 0 Å². The van der Waals surface area contributed by atoms with Crippen LogP contribution < -0.4 is 0 Å². The molecule has 0 saturated carbocycles. The monoisotopic (exact) mass is 276 g/mol. The van der Waals surface area contributed by atoms with E-state index in [0.29, 0.717) is 24.0 Å². The van der Waals surface area contributed by atoms with Gasteiger partial charge in [-0.1, -0.05) is 19.1 Å². The summed E-state index contributed by atoms with van der Waals surface area (Å²) in [4.78, 5) is 35.8. The summed E-state index contributed by atoms with van der Waals surface area (Å²) in [6.07, 6.45) is 1.36.